The van der Waals surface area contributed by atoms with Gasteiger partial charge in [0.1, 0.15) is 22.1 Å². The number of fused-ring (bicyclic) bond motifs is 2. The van der Waals surface area contributed by atoms with Gasteiger partial charge in [-0.05, 0) is 29.2 Å². The Morgan fingerprint density at radius 3 is 2.86 bits per heavy atom. The summed E-state index contributed by atoms with van der Waals surface area (Å²) >= 11 is 5.90. The third-order valence-electron chi connectivity index (χ3n) is 6.25. The van der Waals surface area contributed by atoms with Crippen LogP contribution in [0.4, 0.5) is 0 Å². The zero-order chi connectivity index (χ0) is 25.6. The van der Waals surface area contributed by atoms with E-state index in [0.29, 0.717) is 17.1 Å². The van der Waals surface area contributed by atoms with Crippen molar-refractivity contribution in [2.24, 2.45) is 5.73 Å². The highest BCUT2D eigenvalue weighted by Crippen LogP contribution is 2.47. The van der Waals surface area contributed by atoms with Crippen molar-refractivity contribution in [2.75, 3.05) is 18.6 Å². The number of hydrogen-bond acceptors (Lipinski definition) is 11. The number of nitrogens with two attached hydrogens (primary N) is 1. The van der Waals surface area contributed by atoms with Crippen molar-refractivity contribution in [3.63, 3.8) is 0 Å². The molecule has 3 aliphatic rings. The molecule has 0 bridgehead atoms. The van der Waals surface area contributed by atoms with Crippen molar-refractivity contribution in [2.45, 2.75) is 39.9 Å². The summed E-state index contributed by atoms with van der Waals surface area (Å²) in [6.07, 6.45) is 0. The molecule has 3 atom stereocenters. The number of nitrogens with zero attached hydrogens (tertiary/aromatic N) is 3. The fourth-order valence-electron chi connectivity index (χ4n) is 4.46. The van der Waals surface area contributed by atoms with Gasteiger partial charge in [0.25, 0.3) is 11.6 Å². The maximum absolute atomic E-state index is 13.4. The second kappa shape index (κ2) is 9.99. The first kappa shape index (κ1) is 25.5. The molecule has 4 N–H and O–H groups in total. The van der Waals surface area contributed by atoms with Gasteiger partial charge in [0.2, 0.25) is 5.91 Å². The second-order valence-electron chi connectivity index (χ2n) is 8.36. The van der Waals surface area contributed by atoms with E-state index < -0.39 is 34.9 Å². The van der Waals surface area contributed by atoms with E-state index in [1.165, 1.54) is 46.9 Å². The smallest absolute Gasteiger partial charge is 0.352 e. The molecular formula is C22H23N5O5S4. The number of methoxy groups -OCH3 is 1. The first-order valence-corrected chi connectivity index (χ1v) is 14.9. The van der Waals surface area contributed by atoms with E-state index in [-0.39, 0.29) is 5.70 Å². The van der Waals surface area contributed by atoms with E-state index in [4.69, 9.17) is 10.5 Å². The average molecular weight is 566 g/mol. The molecule has 2 amide bonds. The lowest BCUT2D eigenvalue weighted by molar-refractivity contribution is -0.192. The molecule has 2 aromatic rings. The minimum absolute atomic E-state index is 0.0818. The van der Waals surface area contributed by atoms with Gasteiger partial charge in [-0.2, -0.15) is 11.8 Å². The number of aryl methyl sites for hydroxylation is 1. The van der Waals surface area contributed by atoms with Crippen LogP contribution in [-0.4, -0.2) is 67.7 Å². The predicted octanol–water partition coefficient (Wildman–Crippen LogP) is 2.10. The molecule has 0 aliphatic carbocycles. The lowest BCUT2D eigenvalue weighted by atomic mass is 9.95. The van der Waals surface area contributed by atoms with Crippen molar-refractivity contribution in [1.82, 2.24) is 20.4 Å². The highest BCUT2D eigenvalue weighted by atomic mass is 32.2. The van der Waals surface area contributed by atoms with E-state index in [1.54, 1.807) is 11.8 Å². The van der Waals surface area contributed by atoms with Crippen LogP contribution in [0.1, 0.15) is 27.7 Å². The van der Waals surface area contributed by atoms with Gasteiger partial charge in [0.05, 0.1) is 0 Å². The topological polar surface area (TPSA) is 148 Å². The van der Waals surface area contributed by atoms with Gasteiger partial charge in [-0.25, -0.2) is 4.79 Å². The highest BCUT2D eigenvalue weighted by Gasteiger charge is 2.66. The molecule has 3 aliphatic heterocycles. The largest absolute Gasteiger partial charge is 0.477 e. The number of rotatable bonds is 8. The molecule has 0 spiro atoms. The fraction of sp³-hybridized carbons (Fsp3) is 0.409. The van der Waals surface area contributed by atoms with Gasteiger partial charge in [0.15, 0.2) is 4.34 Å². The summed E-state index contributed by atoms with van der Waals surface area (Å²) in [4.78, 5) is 40.0. The fourth-order valence-corrected chi connectivity index (χ4v) is 9.00. The number of β-lactam (4-membered cyclic amide) rings is 1. The van der Waals surface area contributed by atoms with Crippen molar-refractivity contribution in [3.05, 3.63) is 51.2 Å². The summed E-state index contributed by atoms with van der Waals surface area (Å²) in [5.41, 5.74) is 8.08. The van der Waals surface area contributed by atoms with Crippen LogP contribution in [0.25, 0.3) is 0 Å². The third kappa shape index (κ3) is 4.23. The zero-order valence-electron chi connectivity index (χ0n) is 19.3. The van der Waals surface area contributed by atoms with Crippen LogP contribution in [0.3, 0.4) is 0 Å². The van der Waals surface area contributed by atoms with E-state index in [0.717, 1.165) is 37.5 Å². The molecule has 36 heavy (non-hydrogen) atoms. The minimum atomic E-state index is -1.69. The summed E-state index contributed by atoms with van der Waals surface area (Å²) < 4.78 is 6.29. The number of amides is 2. The molecular weight excluding hydrogens is 543 g/mol. The summed E-state index contributed by atoms with van der Waals surface area (Å²) in [5, 5.41) is 20.8. The summed E-state index contributed by atoms with van der Waals surface area (Å²) in [6, 6.07) is 4.73. The van der Waals surface area contributed by atoms with E-state index >= 15 is 0 Å². The number of nitrogens with one attached hydrogen (secondary N) is 1. The van der Waals surface area contributed by atoms with Gasteiger partial charge in [-0.3, -0.25) is 14.5 Å². The summed E-state index contributed by atoms with van der Waals surface area (Å²) in [6.45, 7) is 1.85. The zero-order valence-corrected chi connectivity index (χ0v) is 22.6. The normalized spacial score (nSPS) is 23.7. The number of aromatic nitrogens is 2. The van der Waals surface area contributed by atoms with E-state index in [1.807, 2.05) is 25.1 Å². The number of benzene rings is 1. The molecule has 0 saturated carbocycles. The van der Waals surface area contributed by atoms with Crippen molar-refractivity contribution >= 4 is 64.4 Å². The van der Waals surface area contributed by atoms with Gasteiger partial charge in [0, 0.05) is 30.1 Å². The number of carboxylic acid groups (broad SMARTS) is 1. The van der Waals surface area contributed by atoms with Crippen LogP contribution < -0.4 is 11.1 Å². The highest BCUT2D eigenvalue weighted by molar-refractivity contribution is 8.01. The number of thioether (sulfide) groups is 3. The molecule has 10 nitrogen and oxygen atoms in total. The lowest BCUT2D eigenvalue weighted by Crippen LogP contribution is -2.81. The maximum Gasteiger partial charge on any atom is 0.352 e. The van der Waals surface area contributed by atoms with E-state index in [9.17, 15) is 19.5 Å². The second-order valence-corrected chi connectivity index (χ2v) is 12.8. The first-order valence-electron chi connectivity index (χ1n) is 10.9. The standard InChI is InChI=1S/C22H23N5O5S4/c1-10-25-26-21(36-10)35-8-12-7-34-20-22(32-2,19(31)27(20)16(12)18(29)30)24-17(28)15(23)13-5-3-4-11-6-33-9-14(11)13/h3-5,15,20H,6-9,23H2,1-2H3,(H,24,28)(H,29,30). The lowest BCUT2D eigenvalue weighted by Gasteiger charge is -2.56. The Morgan fingerprint density at radius 2 is 2.17 bits per heavy atom. The Hall–Kier alpha value is -2.10. The van der Waals surface area contributed by atoms with Crippen molar-refractivity contribution in [3.8, 4) is 0 Å². The van der Waals surface area contributed by atoms with Gasteiger partial charge in [-0.15, -0.1) is 22.0 Å². The quantitative estimate of drug-likeness (QED) is 0.245. The van der Waals surface area contributed by atoms with Crippen LogP contribution in [0, 0.1) is 6.92 Å². The van der Waals surface area contributed by atoms with Gasteiger partial charge < -0.3 is 20.9 Å². The van der Waals surface area contributed by atoms with Crippen molar-refractivity contribution in [1.29, 1.82) is 0 Å². The Balaban J connectivity index is 1.36. The van der Waals surface area contributed by atoms with Crippen LogP contribution in [-0.2, 0) is 30.6 Å². The third-order valence-corrected chi connectivity index (χ3v) is 10.7. The molecule has 190 valence electrons. The molecule has 14 heteroatoms. The molecule has 1 aromatic heterocycles. The number of aliphatic carboxylic acids is 1. The maximum atomic E-state index is 13.4. The van der Waals surface area contributed by atoms with Crippen LogP contribution in [0.15, 0.2) is 33.8 Å². The average Bonchev–Trinajstić information content (AvgIpc) is 3.53. The molecule has 1 aromatic carbocycles. The minimum Gasteiger partial charge on any atom is -0.477 e. The van der Waals surface area contributed by atoms with Gasteiger partial charge in [-0.1, -0.05) is 41.3 Å². The van der Waals surface area contributed by atoms with Crippen molar-refractivity contribution < 1.29 is 24.2 Å². The van der Waals surface area contributed by atoms with E-state index in [2.05, 4.69) is 15.5 Å². The number of ether oxygens (including phenoxy) is 1. The Morgan fingerprint density at radius 1 is 1.36 bits per heavy atom. The summed E-state index contributed by atoms with van der Waals surface area (Å²) in [7, 11) is 1.33. The van der Waals surface area contributed by atoms with Crippen LogP contribution >= 0.6 is 46.6 Å². The molecule has 3 unspecified atom stereocenters. The number of hydrogen-bond donors (Lipinski definition) is 3. The van der Waals surface area contributed by atoms with Crippen LogP contribution in [0.5, 0.6) is 0 Å². The molecule has 5 rings (SSSR count). The number of carboxylic acids is 1. The summed E-state index contributed by atoms with van der Waals surface area (Å²) in [5.74, 6) is -0.0338. The van der Waals surface area contributed by atoms with Crippen LogP contribution in [0.2, 0.25) is 0 Å². The Kier molecular flexibility index (Phi) is 7.09. The Labute approximate surface area is 223 Å². The molecule has 0 radical (unpaired) electrons. The SMILES string of the molecule is COC1(NC(=O)C(N)c2cccc3c2CSC3)C(=O)N2C(C(=O)O)=C(CSc3nnc(C)s3)CSC21. The monoisotopic (exact) mass is 565 g/mol. The number of carbonyl (C=O) groups excluding carboxylic acids is 2. The molecule has 4 heterocycles. The predicted molar refractivity (Wildman–Crippen MR) is 139 cm³/mol. The first-order chi connectivity index (χ1) is 17.3. The molecule has 1 fully saturated rings. The Bertz CT molecular complexity index is 1280. The number of carbonyl (C=O) groups is 3. The van der Waals surface area contributed by atoms with Gasteiger partial charge >= 0.3 is 5.97 Å². The molecule has 1 saturated heterocycles.